The summed E-state index contributed by atoms with van der Waals surface area (Å²) in [6.45, 7) is 7.55. The lowest BCUT2D eigenvalue weighted by molar-refractivity contribution is -0.119. The van der Waals surface area contributed by atoms with E-state index in [4.69, 9.17) is 11.6 Å². The molecule has 1 aliphatic rings. The van der Waals surface area contributed by atoms with Gasteiger partial charge in [0, 0.05) is 22.5 Å². The highest BCUT2D eigenvalue weighted by atomic mass is 35.5. The average Bonchev–Trinajstić information content (AvgIpc) is 3.06. The van der Waals surface area contributed by atoms with Gasteiger partial charge in [-0.1, -0.05) is 57.6 Å². The Labute approximate surface area is 219 Å². The Bertz CT molecular complexity index is 1380. The summed E-state index contributed by atoms with van der Waals surface area (Å²) < 4.78 is 44.8. The Kier molecular flexibility index (Phi) is 7.54. The minimum atomic E-state index is -1.14. The first-order valence-electron chi connectivity index (χ1n) is 11.5. The Morgan fingerprint density at radius 2 is 1.73 bits per heavy atom. The highest BCUT2D eigenvalue weighted by Crippen LogP contribution is 2.39. The zero-order valence-electron chi connectivity index (χ0n) is 20.7. The zero-order chi connectivity index (χ0) is 27.1. The first-order valence-corrected chi connectivity index (χ1v) is 14.1. The van der Waals surface area contributed by atoms with Crippen molar-refractivity contribution < 1.29 is 22.8 Å². The highest BCUT2D eigenvalue weighted by Gasteiger charge is 2.48. The standard InChI is InChI=1S/C27H26ClF3N3O2P/c1-27(2)14-34(25(35)24(27)33-26(36)32-19-11-9-15(28)13-18(19)29)20-12-10-17(22(30)23(20)31)16-7-5-6-8-21(16)37(3)4/h5-13,24H,14H2,1-4H3,(H2,32,33,36). The molecule has 3 amide bonds. The molecule has 1 saturated heterocycles. The van der Waals surface area contributed by atoms with Crippen LogP contribution in [0.5, 0.6) is 0 Å². The lowest BCUT2D eigenvalue weighted by Gasteiger charge is -2.24. The van der Waals surface area contributed by atoms with Gasteiger partial charge < -0.3 is 15.5 Å². The minimum absolute atomic E-state index is 0.0353. The van der Waals surface area contributed by atoms with E-state index in [1.54, 1.807) is 26.0 Å². The minimum Gasteiger partial charge on any atom is -0.325 e. The number of nitrogens with zero attached hydrogens (tertiary/aromatic N) is 1. The molecule has 3 aromatic carbocycles. The van der Waals surface area contributed by atoms with Crippen molar-refractivity contribution in [2.45, 2.75) is 19.9 Å². The third-order valence-electron chi connectivity index (χ3n) is 6.34. The van der Waals surface area contributed by atoms with Crippen molar-refractivity contribution in [1.82, 2.24) is 5.32 Å². The number of urea groups is 1. The van der Waals surface area contributed by atoms with E-state index in [0.717, 1.165) is 16.3 Å². The van der Waals surface area contributed by atoms with Crippen molar-refractivity contribution in [3.8, 4) is 11.1 Å². The first-order chi connectivity index (χ1) is 17.4. The molecule has 0 aromatic heterocycles. The number of amides is 3. The number of carbonyl (C=O) groups is 2. The van der Waals surface area contributed by atoms with E-state index in [0.29, 0.717) is 5.56 Å². The maximum Gasteiger partial charge on any atom is 0.319 e. The van der Waals surface area contributed by atoms with Crippen LogP contribution in [0.15, 0.2) is 54.6 Å². The van der Waals surface area contributed by atoms with E-state index in [1.165, 1.54) is 24.3 Å². The molecule has 4 rings (SSSR count). The quantitative estimate of drug-likeness (QED) is 0.365. The molecule has 1 heterocycles. The van der Waals surface area contributed by atoms with E-state index in [-0.39, 0.29) is 28.5 Å². The van der Waals surface area contributed by atoms with Gasteiger partial charge in [0.2, 0.25) is 5.91 Å². The second-order valence-corrected chi connectivity index (χ2v) is 12.4. The molecular formula is C27H26ClF3N3O2P. The highest BCUT2D eigenvalue weighted by molar-refractivity contribution is 7.64. The molecule has 0 bridgehead atoms. The first kappa shape index (κ1) is 27.0. The molecule has 0 radical (unpaired) electrons. The molecule has 2 N–H and O–H groups in total. The van der Waals surface area contributed by atoms with Crippen molar-refractivity contribution in [2.24, 2.45) is 5.41 Å². The van der Waals surface area contributed by atoms with Gasteiger partial charge in [0.1, 0.15) is 11.9 Å². The van der Waals surface area contributed by atoms with Gasteiger partial charge in [-0.25, -0.2) is 18.0 Å². The van der Waals surface area contributed by atoms with Gasteiger partial charge in [0.15, 0.2) is 11.6 Å². The molecule has 3 aromatic rings. The molecule has 194 valence electrons. The van der Waals surface area contributed by atoms with Crippen molar-refractivity contribution in [3.63, 3.8) is 0 Å². The Hall–Kier alpha value is -3.09. The number of benzene rings is 3. The predicted octanol–water partition coefficient (Wildman–Crippen LogP) is 6.35. The number of carbonyl (C=O) groups excluding carboxylic acids is 2. The number of nitrogens with one attached hydrogen (secondary N) is 2. The molecule has 0 spiro atoms. The van der Waals surface area contributed by atoms with Crippen molar-refractivity contribution in [3.05, 3.63) is 77.1 Å². The van der Waals surface area contributed by atoms with E-state index >= 15 is 8.78 Å². The van der Waals surface area contributed by atoms with Gasteiger partial charge in [-0.05, 0) is 54.5 Å². The predicted molar refractivity (Wildman–Crippen MR) is 144 cm³/mol. The van der Waals surface area contributed by atoms with Crippen LogP contribution in [0.1, 0.15) is 13.8 Å². The van der Waals surface area contributed by atoms with E-state index in [2.05, 4.69) is 10.6 Å². The van der Waals surface area contributed by atoms with Crippen LogP contribution in [-0.4, -0.2) is 37.9 Å². The second-order valence-electron chi connectivity index (χ2n) is 9.74. The third-order valence-corrected chi connectivity index (χ3v) is 7.93. The maximum absolute atomic E-state index is 15.4. The number of rotatable bonds is 5. The summed E-state index contributed by atoms with van der Waals surface area (Å²) in [6, 6.07) is 12.0. The fraction of sp³-hybridized carbons (Fsp3) is 0.259. The molecule has 1 unspecified atom stereocenters. The summed E-state index contributed by atoms with van der Waals surface area (Å²) in [5.74, 6) is -3.52. The SMILES string of the molecule is CP(C)c1ccccc1-c1ccc(N2CC(C)(C)C(NC(=O)Nc3ccc(Cl)cc3F)C2=O)c(F)c1F. The molecule has 1 aliphatic heterocycles. The van der Waals surface area contributed by atoms with Crippen molar-refractivity contribution in [2.75, 3.05) is 30.1 Å². The maximum atomic E-state index is 15.4. The van der Waals surface area contributed by atoms with Crippen LogP contribution in [-0.2, 0) is 4.79 Å². The summed E-state index contributed by atoms with van der Waals surface area (Å²) in [6.07, 6.45) is 0. The molecule has 5 nitrogen and oxygen atoms in total. The second kappa shape index (κ2) is 10.3. The Balaban J connectivity index is 1.59. The fourth-order valence-corrected chi connectivity index (χ4v) is 5.68. The largest absolute Gasteiger partial charge is 0.325 e. The zero-order valence-corrected chi connectivity index (χ0v) is 22.4. The third kappa shape index (κ3) is 5.32. The van der Waals surface area contributed by atoms with Gasteiger partial charge in [-0.2, -0.15) is 0 Å². The van der Waals surface area contributed by atoms with Crippen LogP contribution < -0.4 is 20.8 Å². The molecule has 37 heavy (non-hydrogen) atoms. The summed E-state index contributed by atoms with van der Waals surface area (Å²) in [5.41, 5.74) is -0.422. The number of hydrogen-bond acceptors (Lipinski definition) is 2. The van der Waals surface area contributed by atoms with Crippen LogP contribution >= 0.6 is 19.5 Å². The summed E-state index contributed by atoms with van der Waals surface area (Å²) >= 11 is 5.74. The lowest BCUT2D eigenvalue weighted by atomic mass is 9.87. The van der Waals surface area contributed by atoms with Crippen LogP contribution in [0.2, 0.25) is 5.02 Å². The summed E-state index contributed by atoms with van der Waals surface area (Å²) in [4.78, 5) is 27.0. The van der Waals surface area contributed by atoms with Gasteiger partial charge in [0.05, 0.1) is 11.4 Å². The summed E-state index contributed by atoms with van der Waals surface area (Å²) in [7, 11) is -0.565. The van der Waals surface area contributed by atoms with E-state index < -0.39 is 48.8 Å². The van der Waals surface area contributed by atoms with Gasteiger partial charge in [-0.15, -0.1) is 0 Å². The molecule has 0 saturated carbocycles. The van der Waals surface area contributed by atoms with E-state index in [1.807, 2.05) is 25.5 Å². The number of halogens is 4. The van der Waals surface area contributed by atoms with Crippen molar-refractivity contribution in [1.29, 1.82) is 0 Å². The van der Waals surface area contributed by atoms with Gasteiger partial charge in [-0.3, -0.25) is 4.79 Å². The molecular weight excluding hydrogens is 522 g/mol. The average molecular weight is 548 g/mol. The van der Waals surface area contributed by atoms with Gasteiger partial charge >= 0.3 is 6.03 Å². The molecule has 10 heteroatoms. The smallest absolute Gasteiger partial charge is 0.319 e. The Morgan fingerprint density at radius 1 is 1.03 bits per heavy atom. The molecule has 0 aliphatic carbocycles. The topological polar surface area (TPSA) is 61.4 Å². The summed E-state index contributed by atoms with van der Waals surface area (Å²) in [5, 5.41) is 6.00. The van der Waals surface area contributed by atoms with E-state index in [9.17, 15) is 14.0 Å². The molecule has 1 atom stereocenters. The monoisotopic (exact) mass is 547 g/mol. The van der Waals surface area contributed by atoms with Crippen LogP contribution in [0, 0.1) is 22.9 Å². The van der Waals surface area contributed by atoms with Crippen molar-refractivity contribution >= 4 is 48.1 Å². The van der Waals surface area contributed by atoms with Gasteiger partial charge in [0.25, 0.3) is 0 Å². The van der Waals surface area contributed by atoms with Crippen LogP contribution in [0.25, 0.3) is 11.1 Å². The molecule has 1 fully saturated rings. The normalized spacial score (nSPS) is 16.8. The fourth-order valence-electron chi connectivity index (χ4n) is 4.46. The Morgan fingerprint density at radius 3 is 2.41 bits per heavy atom. The number of anilines is 2. The van der Waals surface area contributed by atoms with Crippen LogP contribution in [0.4, 0.5) is 29.3 Å². The lowest BCUT2D eigenvalue weighted by Crippen LogP contribution is -2.48. The number of hydrogen-bond donors (Lipinski definition) is 2. The van der Waals surface area contributed by atoms with Crippen LogP contribution in [0.3, 0.4) is 0 Å².